The van der Waals surface area contributed by atoms with Gasteiger partial charge in [0.2, 0.25) is 0 Å². The largest absolute Gasteiger partial charge is 0.397 e. The Kier molecular flexibility index (Phi) is 5.97. The number of nitrogens with zero attached hydrogens (tertiary/aromatic N) is 3. The van der Waals surface area contributed by atoms with Gasteiger partial charge in [-0.15, -0.1) is 11.3 Å². The van der Waals surface area contributed by atoms with E-state index < -0.39 is 0 Å². The molecule has 1 saturated heterocycles. The van der Waals surface area contributed by atoms with Crippen LogP contribution in [0.25, 0.3) is 10.2 Å². The van der Waals surface area contributed by atoms with Gasteiger partial charge in [0, 0.05) is 36.5 Å². The average molecular weight is 466 g/mol. The number of ether oxygens (including phenoxy) is 1. The second-order valence-corrected chi connectivity index (χ2v) is 10.3. The van der Waals surface area contributed by atoms with Crippen molar-refractivity contribution < 1.29 is 9.53 Å². The summed E-state index contributed by atoms with van der Waals surface area (Å²) in [4.78, 5) is 26.3. The molecule has 1 aliphatic carbocycles. The molecule has 3 aromatic rings. The van der Waals surface area contributed by atoms with Crippen LogP contribution in [-0.4, -0.2) is 48.2 Å². The maximum Gasteiger partial charge on any atom is 0.263 e. The van der Waals surface area contributed by atoms with Crippen LogP contribution in [0.5, 0.6) is 0 Å². The number of carbonyl (C=O) groups excluding carboxylic acids is 1. The first-order valence-corrected chi connectivity index (χ1v) is 12.5. The maximum absolute atomic E-state index is 13.0. The lowest BCUT2D eigenvalue weighted by molar-refractivity contribution is 0.0938. The Labute approximate surface area is 198 Å². The van der Waals surface area contributed by atoms with E-state index in [0.717, 1.165) is 66.3 Å². The summed E-state index contributed by atoms with van der Waals surface area (Å²) < 4.78 is 5.46. The van der Waals surface area contributed by atoms with Crippen molar-refractivity contribution in [3.05, 3.63) is 46.1 Å². The number of carbonyl (C=O) groups is 1. The van der Waals surface area contributed by atoms with Crippen LogP contribution in [0.1, 0.15) is 46.4 Å². The summed E-state index contributed by atoms with van der Waals surface area (Å²) in [5, 5.41) is 4.05. The number of nitrogen functional groups attached to an aromatic ring is 1. The van der Waals surface area contributed by atoms with E-state index in [-0.39, 0.29) is 11.9 Å². The topological polar surface area (TPSA) is 93.4 Å². The van der Waals surface area contributed by atoms with Crippen LogP contribution in [0, 0.1) is 12.8 Å². The molecule has 0 radical (unpaired) electrons. The van der Waals surface area contributed by atoms with Gasteiger partial charge >= 0.3 is 0 Å². The molecule has 0 saturated carbocycles. The van der Waals surface area contributed by atoms with Gasteiger partial charge in [-0.05, 0) is 62.3 Å². The minimum absolute atomic E-state index is 0.0741. The van der Waals surface area contributed by atoms with Gasteiger partial charge in [-0.2, -0.15) is 0 Å². The highest BCUT2D eigenvalue weighted by molar-refractivity contribution is 7.21. The third-order valence-corrected chi connectivity index (χ3v) is 8.15. The van der Waals surface area contributed by atoms with Gasteiger partial charge in [0.05, 0.1) is 18.3 Å². The number of nitrogens with two attached hydrogens (primary N) is 1. The number of amides is 1. The van der Waals surface area contributed by atoms with Crippen LogP contribution in [-0.2, 0) is 17.6 Å². The zero-order valence-electron chi connectivity index (χ0n) is 19.4. The molecule has 0 aromatic carbocycles. The van der Waals surface area contributed by atoms with Gasteiger partial charge in [-0.25, -0.2) is 9.97 Å². The Bertz CT molecular complexity index is 1190. The highest BCUT2D eigenvalue weighted by Crippen LogP contribution is 2.33. The SMILES string of the molecule is COC[C@@H]1[C@@H](C)CCN1c1ccc2c(n1)CC[C@H](NC(=O)c1sc3nc(C)ccc3c1N)C2. The molecule has 3 aromatic heterocycles. The highest BCUT2D eigenvalue weighted by Gasteiger charge is 2.33. The second kappa shape index (κ2) is 8.91. The summed E-state index contributed by atoms with van der Waals surface area (Å²) in [6.07, 6.45) is 3.68. The summed E-state index contributed by atoms with van der Waals surface area (Å²) in [6.45, 7) is 5.97. The molecule has 1 aliphatic heterocycles. The van der Waals surface area contributed by atoms with Crippen molar-refractivity contribution in [2.45, 2.75) is 51.6 Å². The van der Waals surface area contributed by atoms with Crippen molar-refractivity contribution in [1.29, 1.82) is 0 Å². The number of thiophene rings is 1. The molecule has 0 spiro atoms. The van der Waals surface area contributed by atoms with E-state index >= 15 is 0 Å². The van der Waals surface area contributed by atoms with Gasteiger partial charge in [-0.1, -0.05) is 13.0 Å². The number of rotatable bonds is 5. The van der Waals surface area contributed by atoms with Gasteiger partial charge in [-0.3, -0.25) is 4.79 Å². The molecule has 3 atom stereocenters. The lowest BCUT2D eigenvalue weighted by Crippen LogP contribution is -2.39. The van der Waals surface area contributed by atoms with Crippen LogP contribution >= 0.6 is 11.3 Å². The van der Waals surface area contributed by atoms with Crippen LogP contribution in [0.15, 0.2) is 24.3 Å². The smallest absolute Gasteiger partial charge is 0.263 e. The van der Waals surface area contributed by atoms with E-state index in [2.05, 4.69) is 34.3 Å². The lowest BCUT2D eigenvalue weighted by atomic mass is 9.91. The number of pyridine rings is 2. The third-order valence-electron chi connectivity index (χ3n) is 7.04. The highest BCUT2D eigenvalue weighted by atomic mass is 32.1. The molecule has 0 unspecified atom stereocenters. The Morgan fingerprint density at radius 1 is 1.27 bits per heavy atom. The monoisotopic (exact) mass is 465 g/mol. The predicted octanol–water partition coefficient (Wildman–Crippen LogP) is 3.73. The molecule has 0 bridgehead atoms. The van der Waals surface area contributed by atoms with E-state index in [1.54, 1.807) is 7.11 Å². The van der Waals surface area contributed by atoms with Gasteiger partial charge in [0.15, 0.2) is 0 Å². The molecular formula is C25H31N5O2S. The summed E-state index contributed by atoms with van der Waals surface area (Å²) in [7, 11) is 1.77. The van der Waals surface area contributed by atoms with Crippen molar-refractivity contribution in [3.63, 3.8) is 0 Å². The average Bonchev–Trinajstić information content (AvgIpc) is 3.33. The van der Waals surface area contributed by atoms with E-state index in [1.807, 2.05) is 19.1 Å². The van der Waals surface area contributed by atoms with Crippen LogP contribution in [0.4, 0.5) is 11.5 Å². The maximum atomic E-state index is 13.0. The number of fused-ring (bicyclic) bond motifs is 2. The molecule has 1 amide bonds. The van der Waals surface area contributed by atoms with E-state index in [4.69, 9.17) is 15.5 Å². The summed E-state index contributed by atoms with van der Waals surface area (Å²) in [6, 6.07) is 8.63. The number of nitrogens with one attached hydrogen (secondary N) is 1. The molecule has 1 fully saturated rings. The molecule has 33 heavy (non-hydrogen) atoms. The summed E-state index contributed by atoms with van der Waals surface area (Å²) >= 11 is 1.36. The zero-order chi connectivity index (χ0) is 23.1. The predicted molar refractivity (Wildman–Crippen MR) is 133 cm³/mol. The van der Waals surface area contributed by atoms with E-state index in [9.17, 15) is 4.79 Å². The Hall–Kier alpha value is -2.71. The summed E-state index contributed by atoms with van der Waals surface area (Å²) in [5.74, 6) is 1.53. The van der Waals surface area contributed by atoms with E-state index in [1.165, 1.54) is 16.9 Å². The Morgan fingerprint density at radius 3 is 2.94 bits per heavy atom. The fourth-order valence-corrected chi connectivity index (χ4v) is 6.15. The number of anilines is 2. The molecule has 5 rings (SSSR count). The number of aromatic nitrogens is 2. The first-order chi connectivity index (χ1) is 15.9. The molecule has 7 nitrogen and oxygen atoms in total. The van der Waals surface area contributed by atoms with Crippen molar-refractivity contribution in [3.8, 4) is 0 Å². The van der Waals surface area contributed by atoms with Crippen LogP contribution in [0.3, 0.4) is 0 Å². The Morgan fingerprint density at radius 2 is 2.12 bits per heavy atom. The van der Waals surface area contributed by atoms with Crippen molar-refractivity contribution in [1.82, 2.24) is 15.3 Å². The number of hydrogen-bond acceptors (Lipinski definition) is 7. The number of hydrogen-bond donors (Lipinski definition) is 2. The fourth-order valence-electron chi connectivity index (χ4n) is 5.11. The van der Waals surface area contributed by atoms with Gasteiger partial charge in [0.1, 0.15) is 15.5 Å². The lowest BCUT2D eigenvalue weighted by Gasteiger charge is -2.30. The third kappa shape index (κ3) is 4.17. The minimum atomic E-state index is -0.111. The molecule has 3 N–H and O–H groups in total. The van der Waals surface area contributed by atoms with Crippen molar-refractivity contribution in [2.75, 3.05) is 30.9 Å². The molecular weight excluding hydrogens is 434 g/mol. The van der Waals surface area contributed by atoms with Crippen molar-refractivity contribution in [2.24, 2.45) is 5.92 Å². The van der Waals surface area contributed by atoms with E-state index in [0.29, 0.717) is 22.5 Å². The normalized spacial score (nSPS) is 22.5. The second-order valence-electron chi connectivity index (χ2n) is 9.32. The molecule has 174 valence electrons. The Balaban J connectivity index is 1.29. The summed E-state index contributed by atoms with van der Waals surface area (Å²) in [5.41, 5.74) is 10.1. The minimum Gasteiger partial charge on any atom is -0.397 e. The number of aryl methyl sites for hydroxylation is 2. The standard InChI is InChI=1S/C25H31N5O2S/c1-14-10-11-30(20(14)13-32-3)21-9-5-16-12-17(6-8-19(16)29-21)28-24(31)23-22(26)18-7-4-15(2)27-25(18)33-23/h4-5,7,9,14,17,20H,6,8,10-13,26H2,1-3H3,(H,28,31)/t14-,17-,20+/m0/s1. The van der Waals surface area contributed by atoms with Gasteiger partial charge in [0.25, 0.3) is 5.91 Å². The molecule has 8 heteroatoms. The van der Waals surface area contributed by atoms with Gasteiger partial charge < -0.3 is 20.7 Å². The zero-order valence-corrected chi connectivity index (χ0v) is 20.2. The molecule has 4 heterocycles. The number of methoxy groups -OCH3 is 1. The molecule has 2 aliphatic rings. The van der Waals surface area contributed by atoms with Crippen molar-refractivity contribution >= 4 is 39.0 Å². The first kappa shape index (κ1) is 22.1. The fraction of sp³-hybridized carbons (Fsp3) is 0.480. The van der Waals surface area contributed by atoms with Crippen LogP contribution in [0.2, 0.25) is 0 Å². The van der Waals surface area contributed by atoms with Crippen LogP contribution < -0.4 is 16.0 Å². The quantitative estimate of drug-likeness (QED) is 0.596. The first-order valence-electron chi connectivity index (χ1n) is 11.7.